The third kappa shape index (κ3) is 1.10. The molecule has 17 heavy (non-hydrogen) atoms. The van der Waals surface area contributed by atoms with E-state index in [-0.39, 0.29) is 5.75 Å². The van der Waals surface area contributed by atoms with Crippen LogP contribution < -0.4 is 0 Å². The van der Waals surface area contributed by atoms with Crippen LogP contribution in [0, 0.1) is 0 Å². The molecule has 0 aliphatic carbocycles. The van der Waals surface area contributed by atoms with Crippen molar-refractivity contribution >= 4 is 22.7 Å². The van der Waals surface area contributed by atoms with E-state index < -0.39 is 0 Å². The van der Waals surface area contributed by atoms with Gasteiger partial charge < -0.3 is 5.11 Å². The monoisotopic (exact) mass is 240 g/mol. The van der Waals surface area contributed by atoms with Crippen molar-refractivity contribution in [3.05, 3.63) is 36.4 Å². The first-order valence-electron chi connectivity index (χ1n) is 5.32. The molecule has 4 heteroatoms. The van der Waals surface area contributed by atoms with Crippen LogP contribution in [0.3, 0.4) is 0 Å². The Kier molecular flexibility index (Phi) is 1.64. The van der Waals surface area contributed by atoms with Gasteiger partial charge in [-0.3, -0.25) is 5.10 Å². The molecule has 0 saturated carbocycles. The molecule has 0 atom stereocenters. The highest BCUT2D eigenvalue weighted by molar-refractivity contribution is 7.99. The number of phenolic OH excluding ortho intramolecular Hbond substituents is 1. The molecule has 1 aliphatic heterocycles. The second kappa shape index (κ2) is 3.05. The fourth-order valence-corrected chi connectivity index (χ4v) is 3.33. The third-order valence-corrected chi connectivity index (χ3v) is 4.16. The Morgan fingerprint density at radius 2 is 1.94 bits per heavy atom. The molecule has 0 spiro atoms. The lowest BCUT2D eigenvalue weighted by Gasteiger charge is -2.14. The van der Waals surface area contributed by atoms with Gasteiger partial charge in [0.25, 0.3) is 0 Å². The van der Waals surface area contributed by atoms with Crippen molar-refractivity contribution in [2.45, 2.75) is 9.79 Å². The van der Waals surface area contributed by atoms with Gasteiger partial charge in [0.15, 0.2) is 0 Å². The number of fused-ring (bicyclic) bond motifs is 2. The van der Waals surface area contributed by atoms with E-state index in [0.29, 0.717) is 0 Å². The van der Waals surface area contributed by atoms with E-state index in [0.717, 1.165) is 27.1 Å². The van der Waals surface area contributed by atoms with Crippen LogP contribution in [0.1, 0.15) is 0 Å². The van der Waals surface area contributed by atoms with Crippen molar-refractivity contribution < 1.29 is 5.11 Å². The Morgan fingerprint density at radius 3 is 2.88 bits per heavy atom. The molecule has 2 aromatic carbocycles. The van der Waals surface area contributed by atoms with E-state index in [1.807, 2.05) is 18.2 Å². The molecule has 2 N–H and O–H groups in total. The van der Waals surface area contributed by atoms with Crippen molar-refractivity contribution in [1.82, 2.24) is 10.2 Å². The number of rotatable bonds is 0. The highest BCUT2D eigenvalue weighted by Gasteiger charge is 2.22. The number of aromatic nitrogens is 2. The van der Waals surface area contributed by atoms with Crippen LogP contribution in [0.4, 0.5) is 0 Å². The first kappa shape index (κ1) is 9.13. The highest BCUT2D eigenvalue weighted by atomic mass is 32.2. The molecule has 0 radical (unpaired) electrons. The Balaban J connectivity index is 2.20. The Hall–Kier alpha value is -1.94. The molecule has 0 fully saturated rings. The molecule has 4 rings (SSSR count). The van der Waals surface area contributed by atoms with E-state index in [9.17, 15) is 5.11 Å². The van der Waals surface area contributed by atoms with Gasteiger partial charge in [0, 0.05) is 20.7 Å². The van der Waals surface area contributed by atoms with Gasteiger partial charge in [0.1, 0.15) is 17.0 Å². The van der Waals surface area contributed by atoms with Crippen molar-refractivity contribution in [1.29, 1.82) is 0 Å². The lowest BCUT2D eigenvalue weighted by atomic mass is 10.1. The molecular formula is C13H8N2OS. The first-order valence-corrected chi connectivity index (χ1v) is 6.13. The molecule has 0 saturated heterocycles. The number of aromatic hydroxyl groups is 1. The normalized spacial score (nSPS) is 12.7. The van der Waals surface area contributed by atoms with E-state index >= 15 is 0 Å². The van der Waals surface area contributed by atoms with Crippen molar-refractivity contribution in [3.63, 3.8) is 0 Å². The van der Waals surface area contributed by atoms with E-state index in [2.05, 4.69) is 22.3 Å². The van der Waals surface area contributed by atoms with Crippen LogP contribution in [-0.4, -0.2) is 15.3 Å². The summed E-state index contributed by atoms with van der Waals surface area (Å²) in [6.07, 6.45) is 0. The molecule has 0 amide bonds. The summed E-state index contributed by atoms with van der Waals surface area (Å²) in [5, 5.41) is 18.1. The SMILES string of the molecule is Oc1ccc2c3c(n[nH]c13)-c1ccccc1S2. The van der Waals surface area contributed by atoms with Gasteiger partial charge in [-0.25, -0.2) is 0 Å². The summed E-state index contributed by atoms with van der Waals surface area (Å²) in [5.41, 5.74) is 2.78. The van der Waals surface area contributed by atoms with Crippen LogP contribution in [0.2, 0.25) is 0 Å². The number of benzene rings is 2. The average Bonchev–Trinajstić information content (AvgIpc) is 2.80. The first-order chi connectivity index (χ1) is 8.34. The fraction of sp³-hybridized carbons (Fsp3) is 0. The molecule has 3 aromatic rings. The Bertz CT molecular complexity index is 748. The Labute approximate surface area is 101 Å². The lowest BCUT2D eigenvalue weighted by Crippen LogP contribution is -1.89. The minimum atomic E-state index is 0.252. The van der Waals surface area contributed by atoms with Gasteiger partial charge in [0.05, 0.1) is 0 Å². The van der Waals surface area contributed by atoms with Crippen molar-refractivity contribution in [2.75, 3.05) is 0 Å². The quantitative estimate of drug-likeness (QED) is 0.495. The zero-order chi connectivity index (χ0) is 11.4. The van der Waals surface area contributed by atoms with Crippen LogP contribution in [0.15, 0.2) is 46.2 Å². The molecule has 0 bridgehead atoms. The maximum absolute atomic E-state index is 9.80. The molecular weight excluding hydrogens is 232 g/mol. The van der Waals surface area contributed by atoms with Gasteiger partial charge in [-0.15, -0.1) is 0 Å². The summed E-state index contributed by atoms with van der Waals surface area (Å²) in [7, 11) is 0. The van der Waals surface area contributed by atoms with Crippen molar-refractivity contribution in [2.24, 2.45) is 0 Å². The second-order valence-corrected chi connectivity index (χ2v) is 5.09. The maximum atomic E-state index is 9.80. The minimum Gasteiger partial charge on any atom is -0.506 e. The van der Waals surface area contributed by atoms with Crippen LogP contribution in [0.5, 0.6) is 5.75 Å². The number of aromatic amines is 1. The number of nitrogens with one attached hydrogen (secondary N) is 1. The second-order valence-electron chi connectivity index (χ2n) is 4.00. The predicted octanol–water partition coefficient (Wildman–Crippen LogP) is 3.40. The third-order valence-electron chi connectivity index (χ3n) is 3.02. The lowest BCUT2D eigenvalue weighted by molar-refractivity contribution is 0.480. The van der Waals surface area contributed by atoms with Crippen LogP contribution in [-0.2, 0) is 0 Å². The zero-order valence-corrected chi connectivity index (χ0v) is 9.58. The number of nitrogens with zero attached hydrogens (tertiary/aromatic N) is 1. The summed E-state index contributed by atoms with van der Waals surface area (Å²) in [6.45, 7) is 0. The standard InChI is InChI=1S/C13H8N2OS/c16-8-5-6-10-11-12(14-15-13(8)11)7-3-1-2-4-9(7)17-10/h1-6,16H,(H,14,15). The van der Waals surface area contributed by atoms with Gasteiger partial charge in [-0.05, 0) is 18.2 Å². The summed E-state index contributed by atoms with van der Waals surface area (Å²) in [4.78, 5) is 2.35. The molecule has 1 aromatic heterocycles. The average molecular weight is 240 g/mol. The summed E-state index contributed by atoms with van der Waals surface area (Å²) < 4.78 is 0. The molecule has 0 unspecified atom stereocenters. The number of hydrogen-bond acceptors (Lipinski definition) is 3. The van der Waals surface area contributed by atoms with Crippen LogP contribution >= 0.6 is 11.8 Å². The summed E-state index contributed by atoms with van der Waals surface area (Å²) in [5.74, 6) is 0.252. The predicted molar refractivity (Wildman–Crippen MR) is 67.3 cm³/mol. The largest absolute Gasteiger partial charge is 0.506 e. The highest BCUT2D eigenvalue weighted by Crippen LogP contribution is 2.48. The van der Waals surface area contributed by atoms with Gasteiger partial charge in [0.2, 0.25) is 0 Å². The molecule has 3 nitrogen and oxygen atoms in total. The minimum absolute atomic E-state index is 0.252. The van der Waals surface area contributed by atoms with Crippen LogP contribution in [0.25, 0.3) is 22.2 Å². The fourth-order valence-electron chi connectivity index (χ4n) is 2.24. The summed E-state index contributed by atoms with van der Waals surface area (Å²) >= 11 is 1.72. The van der Waals surface area contributed by atoms with Gasteiger partial charge in [-0.2, -0.15) is 5.10 Å². The van der Waals surface area contributed by atoms with E-state index in [1.54, 1.807) is 17.8 Å². The Morgan fingerprint density at radius 1 is 1.06 bits per heavy atom. The molecule has 82 valence electrons. The number of hydrogen-bond donors (Lipinski definition) is 2. The molecule has 1 aliphatic rings. The maximum Gasteiger partial charge on any atom is 0.141 e. The zero-order valence-electron chi connectivity index (χ0n) is 8.77. The van der Waals surface area contributed by atoms with E-state index in [1.165, 1.54) is 4.90 Å². The van der Waals surface area contributed by atoms with Gasteiger partial charge in [-0.1, -0.05) is 30.0 Å². The number of H-pyrrole nitrogens is 1. The van der Waals surface area contributed by atoms with E-state index in [4.69, 9.17) is 0 Å². The summed E-state index contributed by atoms with van der Waals surface area (Å²) in [6, 6.07) is 11.8. The van der Waals surface area contributed by atoms with Gasteiger partial charge >= 0.3 is 0 Å². The topological polar surface area (TPSA) is 48.9 Å². The smallest absolute Gasteiger partial charge is 0.141 e. The number of phenols is 1. The molecule has 2 heterocycles. The van der Waals surface area contributed by atoms with Crippen molar-refractivity contribution in [3.8, 4) is 17.0 Å².